The van der Waals surface area contributed by atoms with Crippen molar-refractivity contribution in [1.29, 1.82) is 0 Å². The predicted octanol–water partition coefficient (Wildman–Crippen LogP) is 3.29. The highest BCUT2D eigenvalue weighted by molar-refractivity contribution is 5.30. The third kappa shape index (κ3) is 5.17. The highest BCUT2D eigenvalue weighted by atomic mass is 19.1. The average Bonchev–Trinajstić information content (AvgIpc) is 2.38. The van der Waals surface area contributed by atoms with Crippen LogP contribution in [0.2, 0.25) is 0 Å². The van der Waals surface area contributed by atoms with E-state index in [2.05, 4.69) is 13.8 Å². The minimum atomic E-state index is -0.394. The first kappa shape index (κ1) is 15.9. The van der Waals surface area contributed by atoms with Crippen LogP contribution in [0.5, 0.6) is 5.75 Å². The quantitative estimate of drug-likeness (QED) is 0.787. The largest absolute Gasteiger partial charge is 0.494 e. The summed E-state index contributed by atoms with van der Waals surface area (Å²) in [5, 5.41) is 0. The molecule has 2 unspecified atom stereocenters. The Hall–Kier alpha value is -1.13. The zero-order chi connectivity index (χ0) is 14.3. The van der Waals surface area contributed by atoms with Gasteiger partial charge in [-0.25, -0.2) is 4.39 Å². The molecule has 0 spiro atoms. The number of hydrogen-bond donors (Lipinski definition) is 1. The number of rotatable bonds is 8. The molecule has 2 N–H and O–H groups in total. The molecule has 1 aromatic carbocycles. The van der Waals surface area contributed by atoms with Gasteiger partial charge in [-0.1, -0.05) is 26.3 Å². The molecular weight excluding hydrogens is 245 g/mol. The summed E-state index contributed by atoms with van der Waals surface area (Å²) in [6.45, 7) is 5.41. The Kier molecular flexibility index (Phi) is 6.81. The first-order valence-electron chi connectivity index (χ1n) is 6.75. The molecule has 0 heterocycles. The van der Waals surface area contributed by atoms with Crippen LogP contribution < -0.4 is 10.5 Å². The van der Waals surface area contributed by atoms with Crippen LogP contribution in [-0.2, 0) is 4.74 Å². The normalized spacial score (nSPS) is 14.2. The van der Waals surface area contributed by atoms with Crippen LogP contribution in [0.3, 0.4) is 0 Å². The SMILES string of the molecule is CCCC(C)COCC(N)c1ccc(OC)c(F)c1. The number of halogens is 1. The van der Waals surface area contributed by atoms with Gasteiger partial charge in [-0.2, -0.15) is 0 Å². The van der Waals surface area contributed by atoms with Crippen LogP contribution in [-0.4, -0.2) is 20.3 Å². The van der Waals surface area contributed by atoms with Crippen LogP contribution in [0.15, 0.2) is 18.2 Å². The van der Waals surface area contributed by atoms with E-state index in [1.54, 1.807) is 12.1 Å². The second kappa shape index (κ2) is 8.12. The minimum absolute atomic E-state index is 0.230. The number of nitrogens with two attached hydrogens (primary N) is 1. The van der Waals surface area contributed by atoms with Crippen molar-refractivity contribution in [2.45, 2.75) is 32.7 Å². The fourth-order valence-electron chi connectivity index (χ4n) is 1.98. The van der Waals surface area contributed by atoms with E-state index in [1.807, 2.05) is 0 Å². The lowest BCUT2D eigenvalue weighted by Gasteiger charge is -2.16. The summed E-state index contributed by atoms with van der Waals surface area (Å²) in [4.78, 5) is 0. The van der Waals surface area contributed by atoms with E-state index in [9.17, 15) is 4.39 Å². The van der Waals surface area contributed by atoms with Crippen molar-refractivity contribution in [3.05, 3.63) is 29.6 Å². The predicted molar refractivity (Wildman–Crippen MR) is 74.8 cm³/mol. The maximum Gasteiger partial charge on any atom is 0.165 e. The molecule has 3 nitrogen and oxygen atoms in total. The number of benzene rings is 1. The summed E-state index contributed by atoms with van der Waals surface area (Å²) >= 11 is 0. The smallest absolute Gasteiger partial charge is 0.165 e. The van der Waals surface area contributed by atoms with Gasteiger partial charge >= 0.3 is 0 Å². The van der Waals surface area contributed by atoms with Gasteiger partial charge in [-0.15, -0.1) is 0 Å². The van der Waals surface area contributed by atoms with Gasteiger partial charge in [-0.3, -0.25) is 0 Å². The summed E-state index contributed by atoms with van der Waals surface area (Å²) in [6, 6.07) is 4.45. The van der Waals surface area contributed by atoms with Crippen molar-refractivity contribution < 1.29 is 13.9 Å². The monoisotopic (exact) mass is 269 g/mol. The van der Waals surface area contributed by atoms with Gasteiger partial charge in [0.15, 0.2) is 11.6 Å². The van der Waals surface area contributed by atoms with E-state index in [-0.39, 0.29) is 11.8 Å². The molecule has 0 saturated heterocycles. The lowest BCUT2D eigenvalue weighted by Crippen LogP contribution is -2.19. The highest BCUT2D eigenvalue weighted by Crippen LogP contribution is 2.21. The van der Waals surface area contributed by atoms with Crippen LogP contribution in [0.25, 0.3) is 0 Å². The number of hydrogen-bond acceptors (Lipinski definition) is 3. The molecule has 4 heteroatoms. The van der Waals surface area contributed by atoms with Gasteiger partial charge < -0.3 is 15.2 Å². The van der Waals surface area contributed by atoms with Gasteiger partial charge in [0.1, 0.15) is 0 Å². The second-order valence-corrected chi connectivity index (χ2v) is 4.93. The molecular formula is C15H24FNO2. The molecule has 19 heavy (non-hydrogen) atoms. The number of ether oxygens (including phenoxy) is 2. The first-order valence-corrected chi connectivity index (χ1v) is 6.75. The third-order valence-electron chi connectivity index (χ3n) is 3.09. The summed E-state index contributed by atoms with van der Waals surface area (Å²) in [6.07, 6.45) is 2.30. The molecule has 0 fully saturated rings. The second-order valence-electron chi connectivity index (χ2n) is 4.93. The molecule has 0 saturated carbocycles. The maximum absolute atomic E-state index is 13.5. The van der Waals surface area contributed by atoms with Gasteiger partial charge in [0.05, 0.1) is 19.8 Å². The highest BCUT2D eigenvalue weighted by Gasteiger charge is 2.11. The molecule has 0 aliphatic carbocycles. The molecule has 0 radical (unpaired) electrons. The van der Waals surface area contributed by atoms with Crippen molar-refractivity contribution in [3.63, 3.8) is 0 Å². The van der Waals surface area contributed by atoms with Crippen LogP contribution in [0.1, 0.15) is 38.3 Å². The fraction of sp³-hybridized carbons (Fsp3) is 0.600. The Balaban J connectivity index is 2.45. The van der Waals surface area contributed by atoms with Crippen molar-refractivity contribution in [2.75, 3.05) is 20.3 Å². The van der Waals surface area contributed by atoms with E-state index in [0.717, 1.165) is 18.4 Å². The number of methoxy groups -OCH3 is 1. The summed E-state index contributed by atoms with van der Waals surface area (Å²) in [7, 11) is 1.44. The van der Waals surface area contributed by atoms with Gasteiger partial charge in [0.2, 0.25) is 0 Å². The van der Waals surface area contributed by atoms with E-state index in [4.69, 9.17) is 15.2 Å². The Bertz CT molecular complexity index is 384. The summed E-state index contributed by atoms with van der Waals surface area (Å²) < 4.78 is 24.0. The molecule has 0 aliphatic heterocycles. The third-order valence-corrected chi connectivity index (χ3v) is 3.09. The molecule has 1 rings (SSSR count). The van der Waals surface area contributed by atoms with Crippen LogP contribution >= 0.6 is 0 Å². The lowest BCUT2D eigenvalue weighted by molar-refractivity contribution is 0.0908. The standard InChI is InChI=1S/C15H24FNO2/c1-4-5-11(2)9-19-10-14(17)12-6-7-15(18-3)13(16)8-12/h6-8,11,14H,4-5,9-10,17H2,1-3H3. The topological polar surface area (TPSA) is 44.5 Å². The van der Waals surface area contributed by atoms with E-state index in [1.165, 1.54) is 13.2 Å². The molecule has 1 aromatic rings. The van der Waals surface area contributed by atoms with Crippen molar-refractivity contribution in [1.82, 2.24) is 0 Å². The van der Waals surface area contributed by atoms with E-state index >= 15 is 0 Å². The lowest BCUT2D eigenvalue weighted by atomic mass is 10.1. The van der Waals surface area contributed by atoms with Gasteiger partial charge in [0, 0.05) is 6.61 Å². The zero-order valence-corrected chi connectivity index (χ0v) is 12.0. The molecule has 0 aromatic heterocycles. The fourth-order valence-corrected chi connectivity index (χ4v) is 1.98. The van der Waals surface area contributed by atoms with Crippen molar-refractivity contribution in [2.24, 2.45) is 11.7 Å². The molecule has 0 bridgehead atoms. The Morgan fingerprint density at radius 2 is 2.05 bits per heavy atom. The molecule has 0 amide bonds. The molecule has 2 atom stereocenters. The van der Waals surface area contributed by atoms with Crippen LogP contribution in [0, 0.1) is 11.7 Å². The zero-order valence-electron chi connectivity index (χ0n) is 12.0. The van der Waals surface area contributed by atoms with Crippen molar-refractivity contribution >= 4 is 0 Å². The van der Waals surface area contributed by atoms with E-state index < -0.39 is 5.82 Å². The maximum atomic E-state index is 13.5. The van der Waals surface area contributed by atoms with E-state index in [0.29, 0.717) is 19.1 Å². The summed E-state index contributed by atoms with van der Waals surface area (Å²) in [5.41, 5.74) is 6.71. The Morgan fingerprint density at radius 1 is 1.32 bits per heavy atom. The van der Waals surface area contributed by atoms with Gasteiger partial charge in [-0.05, 0) is 30.0 Å². The Morgan fingerprint density at radius 3 is 2.63 bits per heavy atom. The molecule has 0 aliphatic rings. The van der Waals surface area contributed by atoms with Gasteiger partial charge in [0.25, 0.3) is 0 Å². The van der Waals surface area contributed by atoms with Crippen molar-refractivity contribution in [3.8, 4) is 5.75 Å². The van der Waals surface area contributed by atoms with Crippen LogP contribution in [0.4, 0.5) is 4.39 Å². The minimum Gasteiger partial charge on any atom is -0.494 e. The summed E-state index contributed by atoms with van der Waals surface area (Å²) in [5.74, 6) is 0.369. The Labute approximate surface area is 114 Å². The molecule has 108 valence electrons. The first-order chi connectivity index (χ1) is 9.08. The average molecular weight is 269 g/mol.